The molecular formula is C18H27ClN4O. The van der Waals surface area contributed by atoms with Crippen molar-refractivity contribution >= 4 is 23.5 Å². The van der Waals surface area contributed by atoms with Gasteiger partial charge in [-0.15, -0.1) is 0 Å². The van der Waals surface area contributed by atoms with E-state index in [0.29, 0.717) is 19.0 Å². The molecule has 1 atom stereocenters. The predicted octanol–water partition coefficient (Wildman–Crippen LogP) is 3.01. The zero-order chi connectivity index (χ0) is 17.4. The highest BCUT2D eigenvalue weighted by molar-refractivity contribution is 6.30. The molecule has 1 aliphatic rings. The molecule has 0 aliphatic heterocycles. The summed E-state index contributed by atoms with van der Waals surface area (Å²) in [6.45, 7) is 5.51. The minimum Gasteiger partial charge on any atom is -0.357 e. The molecule has 1 unspecified atom stereocenters. The second kappa shape index (κ2) is 9.52. The Morgan fingerprint density at radius 1 is 1.42 bits per heavy atom. The van der Waals surface area contributed by atoms with E-state index in [1.807, 2.05) is 31.2 Å². The van der Waals surface area contributed by atoms with Gasteiger partial charge in [0.05, 0.1) is 6.04 Å². The highest BCUT2D eigenvalue weighted by Gasteiger charge is 2.22. The fraction of sp³-hybridized carbons (Fsp3) is 0.556. The van der Waals surface area contributed by atoms with Crippen LogP contribution in [0.4, 0.5) is 0 Å². The number of carbonyl (C=O) groups is 1. The maximum atomic E-state index is 11.7. The van der Waals surface area contributed by atoms with Crippen LogP contribution in [0.15, 0.2) is 29.3 Å². The lowest BCUT2D eigenvalue weighted by atomic mass is 10.1. The third-order valence-corrected chi connectivity index (χ3v) is 4.06. The number of hydrogen-bond donors (Lipinski definition) is 3. The molecule has 0 heterocycles. The van der Waals surface area contributed by atoms with E-state index in [4.69, 9.17) is 11.6 Å². The van der Waals surface area contributed by atoms with Crippen LogP contribution >= 0.6 is 11.6 Å². The normalized spacial score (nSPS) is 15.7. The molecule has 1 amide bonds. The summed E-state index contributed by atoms with van der Waals surface area (Å²) in [4.78, 5) is 16.2. The van der Waals surface area contributed by atoms with Crippen molar-refractivity contribution in [1.29, 1.82) is 0 Å². The van der Waals surface area contributed by atoms with Crippen molar-refractivity contribution in [3.63, 3.8) is 0 Å². The summed E-state index contributed by atoms with van der Waals surface area (Å²) in [6.07, 6.45) is 3.53. The Balaban J connectivity index is 1.79. The summed E-state index contributed by atoms with van der Waals surface area (Å²) in [5, 5.41) is 10.3. The van der Waals surface area contributed by atoms with Crippen molar-refractivity contribution in [3.8, 4) is 0 Å². The van der Waals surface area contributed by atoms with Crippen LogP contribution in [-0.2, 0) is 4.79 Å². The van der Waals surface area contributed by atoms with Gasteiger partial charge in [0.1, 0.15) is 0 Å². The van der Waals surface area contributed by atoms with Crippen LogP contribution in [0.5, 0.6) is 0 Å². The number of hydrogen-bond acceptors (Lipinski definition) is 2. The number of guanidine groups is 1. The number of amides is 1. The van der Waals surface area contributed by atoms with Gasteiger partial charge in [0, 0.05) is 30.6 Å². The van der Waals surface area contributed by atoms with E-state index < -0.39 is 0 Å². The Kier molecular flexibility index (Phi) is 7.37. The van der Waals surface area contributed by atoms with E-state index >= 15 is 0 Å². The van der Waals surface area contributed by atoms with Crippen molar-refractivity contribution in [2.45, 2.75) is 51.6 Å². The second-order valence-electron chi connectivity index (χ2n) is 6.13. The van der Waals surface area contributed by atoms with Gasteiger partial charge in [-0.1, -0.05) is 23.7 Å². The summed E-state index contributed by atoms with van der Waals surface area (Å²) < 4.78 is 0. The third kappa shape index (κ3) is 6.79. The van der Waals surface area contributed by atoms with Gasteiger partial charge in [-0.25, -0.2) is 0 Å². The first-order valence-electron chi connectivity index (χ1n) is 8.68. The van der Waals surface area contributed by atoms with Crippen LogP contribution in [0, 0.1) is 0 Å². The van der Waals surface area contributed by atoms with E-state index in [-0.39, 0.29) is 11.9 Å². The summed E-state index contributed by atoms with van der Waals surface area (Å²) in [7, 11) is 0. The number of nitrogens with zero attached hydrogens (tertiary/aromatic N) is 1. The van der Waals surface area contributed by atoms with Crippen LogP contribution < -0.4 is 16.0 Å². The molecule has 3 N–H and O–H groups in total. The highest BCUT2D eigenvalue weighted by atomic mass is 35.5. The molecule has 2 rings (SSSR count). The quantitative estimate of drug-likeness (QED) is 0.383. The molecule has 0 bridgehead atoms. The zero-order valence-corrected chi connectivity index (χ0v) is 15.2. The average Bonchev–Trinajstić information content (AvgIpc) is 3.35. The van der Waals surface area contributed by atoms with Crippen molar-refractivity contribution in [3.05, 3.63) is 34.9 Å². The second-order valence-corrected chi connectivity index (χ2v) is 6.56. The molecule has 0 saturated heterocycles. The molecular weight excluding hydrogens is 324 g/mol. The maximum Gasteiger partial charge on any atom is 0.220 e. The highest BCUT2D eigenvalue weighted by Crippen LogP contribution is 2.19. The van der Waals surface area contributed by atoms with Gasteiger partial charge in [0.25, 0.3) is 0 Å². The van der Waals surface area contributed by atoms with Gasteiger partial charge in [-0.2, -0.15) is 0 Å². The summed E-state index contributed by atoms with van der Waals surface area (Å²) in [5.41, 5.74) is 1.11. The van der Waals surface area contributed by atoms with Crippen molar-refractivity contribution in [2.24, 2.45) is 4.99 Å². The lowest BCUT2D eigenvalue weighted by Gasteiger charge is -2.18. The Labute approximate surface area is 149 Å². The maximum absolute atomic E-state index is 11.7. The molecule has 24 heavy (non-hydrogen) atoms. The first-order chi connectivity index (χ1) is 11.6. The molecule has 5 nitrogen and oxygen atoms in total. The Morgan fingerprint density at radius 3 is 2.88 bits per heavy atom. The van der Waals surface area contributed by atoms with E-state index in [1.165, 1.54) is 0 Å². The zero-order valence-electron chi connectivity index (χ0n) is 14.4. The summed E-state index contributed by atoms with van der Waals surface area (Å²) in [5.74, 6) is 0.894. The molecule has 1 aliphatic carbocycles. The predicted molar refractivity (Wildman–Crippen MR) is 99.4 cm³/mol. The lowest BCUT2D eigenvalue weighted by Crippen LogP contribution is -2.38. The molecule has 132 valence electrons. The third-order valence-electron chi connectivity index (χ3n) is 3.82. The topological polar surface area (TPSA) is 65.5 Å². The van der Waals surface area contributed by atoms with Gasteiger partial charge in [-0.05, 0) is 50.8 Å². The van der Waals surface area contributed by atoms with E-state index in [2.05, 4.69) is 27.9 Å². The van der Waals surface area contributed by atoms with Gasteiger partial charge >= 0.3 is 0 Å². The van der Waals surface area contributed by atoms with Gasteiger partial charge in [0.2, 0.25) is 5.91 Å². The number of rotatable bonds is 8. The Morgan fingerprint density at radius 2 is 2.21 bits per heavy atom. The smallest absolute Gasteiger partial charge is 0.220 e. The Bertz CT molecular complexity index is 572. The van der Waals surface area contributed by atoms with Gasteiger partial charge in [0.15, 0.2) is 5.96 Å². The van der Waals surface area contributed by atoms with E-state index in [9.17, 15) is 4.79 Å². The number of benzene rings is 1. The van der Waals surface area contributed by atoms with Crippen LogP contribution in [0.3, 0.4) is 0 Å². The number of carbonyl (C=O) groups excluding carboxylic acids is 1. The van der Waals surface area contributed by atoms with Crippen LogP contribution in [-0.4, -0.2) is 31.0 Å². The average molecular weight is 351 g/mol. The van der Waals surface area contributed by atoms with E-state index in [1.54, 1.807) is 0 Å². The SMILES string of the molecule is CCNC(=NCCCC(=O)NC1CC1)NC(C)c1cccc(Cl)c1. The number of halogens is 1. The molecule has 1 aromatic rings. The fourth-order valence-electron chi connectivity index (χ4n) is 2.34. The first-order valence-corrected chi connectivity index (χ1v) is 9.06. The summed E-state index contributed by atoms with van der Waals surface area (Å²) >= 11 is 6.05. The fourth-order valence-corrected chi connectivity index (χ4v) is 2.54. The first kappa shape index (κ1) is 18.6. The lowest BCUT2D eigenvalue weighted by molar-refractivity contribution is -0.121. The van der Waals surface area contributed by atoms with Gasteiger partial charge in [-0.3, -0.25) is 9.79 Å². The minimum absolute atomic E-state index is 0.0969. The Hall–Kier alpha value is -1.75. The largest absolute Gasteiger partial charge is 0.357 e. The van der Waals surface area contributed by atoms with Crippen molar-refractivity contribution in [2.75, 3.05) is 13.1 Å². The number of nitrogens with one attached hydrogen (secondary N) is 3. The van der Waals surface area contributed by atoms with Crippen LogP contribution in [0.25, 0.3) is 0 Å². The molecule has 0 aromatic heterocycles. The number of aliphatic imine (C=N–C) groups is 1. The molecule has 6 heteroatoms. The molecule has 1 saturated carbocycles. The molecule has 0 radical (unpaired) electrons. The minimum atomic E-state index is 0.0969. The van der Waals surface area contributed by atoms with Crippen LogP contribution in [0.1, 0.15) is 51.1 Å². The van der Waals surface area contributed by atoms with Crippen LogP contribution in [0.2, 0.25) is 5.02 Å². The van der Waals surface area contributed by atoms with Crippen molar-refractivity contribution < 1.29 is 4.79 Å². The van der Waals surface area contributed by atoms with Crippen molar-refractivity contribution in [1.82, 2.24) is 16.0 Å². The molecule has 0 spiro atoms. The molecule has 1 fully saturated rings. The summed E-state index contributed by atoms with van der Waals surface area (Å²) in [6, 6.07) is 8.32. The monoisotopic (exact) mass is 350 g/mol. The van der Waals surface area contributed by atoms with Gasteiger partial charge < -0.3 is 16.0 Å². The molecule has 1 aromatic carbocycles. The van der Waals surface area contributed by atoms with E-state index in [0.717, 1.165) is 42.4 Å². The standard InChI is InChI=1S/C18H27ClN4O/c1-3-20-18(21-11-5-8-17(24)23-16-9-10-16)22-13(2)14-6-4-7-15(19)12-14/h4,6-7,12-13,16H,3,5,8-11H2,1-2H3,(H,23,24)(H2,20,21,22).